The average molecular weight is 363 g/mol. The normalized spacial score (nSPS) is 11.7. The summed E-state index contributed by atoms with van der Waals surface area (Å²) in [7, 11) is -3.08. The van der Waals surface area contributed by atoms with Crippen LogP contribution in [-0.2, 0) is 0 Å². The lowest BCUT2D eigenvalue weighted by Crippen LogP contribution is -2.39. The minimum absolute atomic E-state index is 0.912. The van der Waals surface area contributed by atoms with E-state index in [1.54, 1.807) is 13.1 Å². The van der Waals surface area contributed by atoms with Gasteiger partial charge in [0.05, 0.1) is 0 Å². The number of halogens is 1. The molecule has 134 valence electrons. The van der Waals surface area contributed by atoms with Gasteiger partial charge >= 0.3 is 0 Å². The highest BCUT2D eigenvalue weighted by Gasteiger charge is 2.32. The van der Waals surface area contributed by atoms with Crippen LogP contribution in [0.1, 0.15) is 22.3 Å². The number of rotatable bonds is 3. The van der Waals surface area contributed by atoms with E-state index in [0.717, 1.165) is 16.3 Å². The summed E-state index contributed by atoms with van der Waals surface area (Å²) in [5, 5.41) is 0.912. The first-order valence-corrected chi connectivity index (χ1v) is 12.0. The molecule has 0 aromatic heterocycles. The van der Waals surface area contributed by atoms with Crippen LogP contribution in [-0.4, -0.2) is 8.41 Å². The smallest absolute Gasteiger partial charge is 0.272 e. The van der Waals surface area contributed by atoms with Crippen molar-refractivity contribution in [2.75, 3.05) is 0 Å². The fourth-order valence-electron chi connectivity index (χ4n) is 4.09. The highest BCUT2D eigenvalue weighted by Crippen LogP contribution is 2.34. The Labute approximate surface area is 157 Å². The monoisotopic (exact) mass is 362 g/mol. The molecule has 0 saturated carbocycles. The van der Waals surface area contributed by atoms with Gasteiger partial charge in [-0.05, 0) is 90.5 Å². The van der Waals surface area contributed by atoms with Crippen LogP contribution in [0.5, 0.6) is 0 Å². The van der Waals surface area contributed by atoms with Gasteiger partial charge in [0.1, 0.15) is 0 Å². The first-order chi connectivity index (χ1) is 12.2. The molecule has 0 aliphatic heterocycles. The van der Waals surface area contributed by atoms with Crippen molar-refractivity contribution in [2.24, 2.45) is 0 Å². The largest absolute Gasteiger partial charge is 0.308 e. The second-order valence-electron chi connectivity index (χ2n) is 7.73. The fourth-order valence-corrected chi connectivity index (χ4v) is 5.79. The van der Waals surface area contributed by atoms with Crippen molar-refractivity contribution in [2.45, 2.75) is 40.8 Å². The highest BCUT2D eigenvalue weighted by atomic mass is 28.4. The Morgan fingerprint density at radius 1 is 0.577 bits per heavy atom. The molecule has 0 spiro atoms. The zero-order valence-corrected chi connectivity index (χ0v) is 17.6. The van der Waals surface area contributed by atoms with E-state index in [1.807, 2.05) is 0 Å². The van der Waals surface area contributed by atoms with Crippen molar-refractivity contribution in [1.29, 1.82) is 0 Å². The maximum absolute atomic E-state index is 15.7. The van der Waals surface area contributed by atoms with E-state index in [4.69, 9.17) is 0 Å². The molecule has 0 nitrogen and oxygen atoms in total. The third-order valence-electron chi connectivity index (χ3n) is 5.16. The summed E-state index contributed by atoms with van der Waals surface area (Å²) < 4.78 is 15.7. The Kier molecular flexibility index (Phi) is 4.89. The molecular formula is C24H27FSi. The first-order valence-electron chi connectivity index (χ1n) is 9.17. The molecule has 0 fully saturated rings. The van der Waals surface area contributed by atoms with Gasteiger partial charge in [-0.3, -0.25) is 0 Å². The van der Waals surface area contributed by atoms with Gasteiger partial charge in [0, 0.05) is 0 Å². The SMILES string of the molecule is Cc1cccc(C)c1-c1cccc(-c2c(C)cccc2C)c1[Si](C)(C)F. The molecule has 0 heterocycles. The summed E-state index contributed by atoms with van der Waals surface area (Å²) in [5.41, 5.74) is 9.25. The quantitative estimate of drug-likeness (QED) is 0.362. The van der Waals surface area contributed by atoms with E-state index in [-0.39, 0.29) is 0 Å². The van der Waals surface area contributed by atoms with Gasteiger partial charge in [-0.15, -0.1) is 0 Å². The van der Waals surface area contributed by atoms with Crippen LogP contribution in [0.4, 0.5) is 4.11 Å². The molecule has 0 saturated heterocycles. The summed E-state index contributed by atoms with van der Waals surface area (Å²) in [6.07, 6.45) is 0. The number of benzene rings is 3. The van der Waals surface area contributed by atoms with Gasteiger partial charge in [0.2, 0.25) is 0 Å². The Bertz CT molecular complexity index is 854. The van der Waals surface area contributed by atoms with Crippen LogP contribution in [0.15, 0.2) is 54.6 Å². The van der Waals surface area contributed by atoms with Crippen LogP contribution >= 0.6 is 0 Å². The predicted molar refractivity (Wildman–Crippen MR) is 114 cm³/mol. The van der Waals surface area contributed by atoms with E-state index in [0.29, 0.717) is 0 Å². The summed E-state index contributed by atoms with van der Waals surface area (Å²) >= 11 is 0. The molecule has 0 radical (unpaired) electrons. The topological polar surface area (TPSA) is 0 Å². The number of hydrogen-bond donors (Lipinski definition) is 0. The second kappa shape index (κ2) is 6.84. The van der Waals surface area contributed by atoms with Crippen LogP contribution in [0, 0.1) is 27.7 Å². The van der Waals surface area contributed by atoms with Crippen molar-refractivity contribution in [3.05, 3.63) is 76.9 Å². The molecule has 2 heteroatoms. The van der Waals surface area contributed by atoms with E-state index >= 15 is 4.11 Å². The molecule has 0 aliphatic rings. The fraction of sp³-hybridized carbons (Fsp3) is 0.250. The van der Waals surface area contributed by atoms with E-state index in [2.05, 4.69) is 82.3 Å². The Balaban J connectivity index is 2.43. The van der Waals surface area contributed by atoms with Crippen molar-refractivity contribution in [3.63, 3.8) is 0 Å². The summed E-state index contributed by atoms with van der Waals surface area (Å²) in [4.78, 5) is 0. The lowest BCUT2D eigenvalue weighted by Gasteiger charge is -2.25. The van der Waals surface area contributed by atoms with Gasteiger partial charge < -0.3 is 4.11 Å². The first kappa shape index (κ1) is 18.6. The zero-order chi connectivity index (χ0) is 19.1. The molecule has 0 unspecified atom stereocenters. The maximum atomic E-state index is 15.7. The minimum Gasteiger partial charge on any atom is -0.308 e. The van der Waals surface area contributed by atoms with Crippen LogP contribution in [0.25, 0.3) is 22.3 Å². The Morgan fingerprint density at radius 3 is 1.19 bits per heavy atom. The molecule has 3 rings (SSSR count). The van der Waals surface area contributed by atoms with E-state index < -0.39 is 8.41 Å². The highest BCUT2D eigenvalue weighted by molar-refractivity contribution is 6.86. The number of aryl methyl sites for hydroxylation is 4. The lowest BCUT2D eigenvalue weighted by molar-refractivity contribution is 0.822. The van der Waals surface area contributed by atoms with Crippen LogP contribution < -0.4 is 5.19 Å². The molecule has 3 aromatic carbocycles. The van der Waals surface area contributed by atoms with Gasteiger partial charge in [-0.1, -0.05) is 54.6 Å². The van der Waals surface area contributed by atoms with E-state index in [1.165, 1.54) is 33.4 Å². The maximum Gasteiger partial charge on any atom is 0.272 e. The third-order valence-corrected chi connectivity index (χ3v) is 6.89. The molecule has 0 aliphatic carbocycles. The Hall–Kier alpha value is -2.19. The van der Waals surface area contributed by atoms with Gasteiger partial charge in [0.15, 0.2) is 0 Å². The van der Waals surface area contributed by atoms with Crippen molar-refractivity contribution < 1.29 is 4.11 Å². The molecule has 26 heavy (non-hydrogen) atoms. The average Bonchev–Trinajstić information content (AvgIpc) is 2.53. The molecule has 0 atom stereocenters. The van der Waals surface area contributed by atoms with Crippen molar-refractivity contribution in [1.82, 2.24) is 0 Å². The van der Waals surface area contributed by atoms with Gasteiger partial charge in [0.25, 0.3) is 8.41 Å². The van der Waals surface area contributed by atoms with Gasteiger partial charge in [-0.2, -0.15) is 0 Å². The van der Waals surface area contributed by atoms with Crippen LogP contribution in [0.3, 0.4) is 0 Å². The zero-order valence-electron chi connectivity index (χ0n) is 16.6. The van der Waals surface area contributed by atoms with Crippen molar-refractivity contribution >= 4 is 13.6 Å². The summed E-state index contributed by atoms with van der Waals surface area (Å²) in [5.74, 6) is 0. The lowest BCUT2D eigenvalue weighted by atomic mass is 9.90. The molecule has 0 N–H and O–H groups in total. The standard InChI is InChI=1S/C24H27FSi/c1-16-10-7-11-17(2)22(16)20-14-9-15-21(24(20)26(5,6)25)23-18(3)12-8-13-19(23)4/h7-15H,1-6H3. The third kappa shape index (κ3) is 3.26. The van der Waals surface area contributed by atoms with Gasteiger partial charge in [-0.25, -0.2) is 0 Å². The number of hydrogen-bond acceptors (Lipinski definition) is 0. The summed E-state index contributed by atoms with van der Waals surface area (Å²) in [6, 6.07) is 18.9. The van der Waals surface area contributed by atoms with Crippen LogP contribution in [0.2, 0.25) is 13.1 Å². The minimum atomic E-state index is -3.08. The Morgan fingerprint density at radius 2 is 0.885 bits per heavy atom. The molecule has 0 amide bonds. The van der Waals surface area contributed by atoms with E-state index in [9.17, 15) is 0 Å². The second-order valence-corrected chi connectivity index (χ2v) is 11.2. The molecular weight excluding hydrogens is 335 g/mol. The van der Waals surface area contributed by atoms with Crippen molar-refractivity contribution in [3.8, 4) is 22.3 Å². The summed E-state index contributed by atoms with van der Waals surface area (Å²) in [6.45, 7) is 12.1. The molecule has 3 aromatic rings. The molecule has 0 bridgehead atoms. The predicted octanol–water partition coefficient (Wildman–Crippen LogP) is 6.64.